The molecule has 1 aliphatic rings. The molecule has 3 rings (SSSR count). The minimum absolute atomic E-state index is 0.145. The first-order valence-electron chi connectivity index (χ1n) is 9.45. The molecule has 1 N–H and O–H groups in total. The molecular formula is C21H21FN2O3S2. The number of thioether (sulfide) groups is 1. The van der Waals surface area contributed by atoms with E-state index in [1.165, 1.54) is 40.1 Å². The Morgan fingerprint density at radius 2 is 1.97 bits per heavy atom. The molecule has 0 spiro atoms. The van der Waals surface area contributed by atoms with Crippen molar-refractivity contribution in [2.24, 2.45) is 0 Å². The van der Waals surface area contributed by atoms with Gasteiger partial charge in [-0.05, 0) is 55.5 Å². The van der Waals surface area contributed by atoms with Crippen molar-refractivity contribution in [2.75, 3.05) is 17.7 Å². The van der Waals surface area contributed by atoms with Gasteiger partial charge >= 0.3 is 5.97 Å². The Labute approximate surface area is 177 Å². The van der Waals surface area contributed by atoms with Crippen LogP contribution < -0.4 is 5.32 Å². The minimum Gasteiger partial charge on any atom is -0.456 e. The van der Waals surface area contributed by atoms with E-state index in [9.17, 15) is 19.2 Å². The minimum atomic E-state index is -0.475. The molecule has 1 amide bonds. The molecule has 2 aromatic rings. The second-order valence-electron chi connectivity index (χ2n) is 6.64. The largest absolute Gasteiger partial charge is 0.456 e. The highest BCUT2D eigenvalue weighted by atomic mass is 32.2. The van der Waals surface area contributed by atoms with Gasteiger partial charge in [-0.2, -0.15) is 5.26 Å². The first kappa shape index (κ1) is 21.3. The van der Waals surface area contributed by atoms with Gasteiger partial charge < -0.3 is 10.1 Å². The highest BCUT2D eigenvalue weighted by Crippen LogP contribution is 2.36. The predicted molar refractivity (Wildman–Crippen MR) is 112 cm³/mol. The summed E-state index contributed by atoms with van der Waals surface area (Å²) in [4.78, 5) is 26.0. The maximum absolute atomic E-state index is 12.9. The van der Waals surface area contributed by atoms with Crippen molar-refractivity contribution < 1.29 is 18.7 Å². The second kappa shape index (κ2) is 10.4. The highest BCUT2D eigenvalue weighted by Gasteiger charge is 2.21. The topological polar surface area (TPSA) is 79.2 Å². The quantitative estimate of drug-likeness (QED) is 0.390. The molecule has 1 aromatic heterocycles. The predicted octanol–water partition coefficient (Wildman–Crippen LogP) is 4.69. The van der Waals surface area contributed by atoms with Gasteiger partial charge in [0.1, 0.15) is 16.9 Å². The van der Waals surface area contributed by atoms with Crippen molar-refractivity contribution in [3.05, 3.63) is 46.1 Å². The number of amides is 1. The third kappa shape index (κ3) is 6.05. The second-order valence-corrected chi connectivity index (χ2v) is 8.92. The van der Waals surface area contributed by atoms with Crippen LogP contribution in [0, 0.1) is 17.1 Å². The van der Waals surface area contributed by atoms with Gasteiger partial charge in [-0.15, -0.1) is 23.1 Å². The molecule has 0 aliphatic heterocycles. The fraction of sp³-hybridized carbons (Fsp3) is 0.381. The number of halogens is 1. The van der Waals surface area contributed by atoms with Crippen LogP contribution in [0.5, 0.6) is 0 Å². The fourth-order valence-corrected chi connectivity index (χ4v) is 5.20. The molecule has 152 valence electrons. The first-order chi connectivity index (χ1) is 14.1. The lowest BCUT2D eigenvalue weighted by Crippen LogP contribution is -2.21. The number of carbonyl (C=O) groups excluding carboxylic acids is 2. The number of hydrogen-bond donors (Lipinski definition) is 1. The Bertz CT molecular complexity index is 919. The monoisotopic (exact) mass is 432 g/mol. The average molecular weight is 433 g/mol. The van der Waals surface area contributed by atoms with Crippen LogP contribution in [0.15, 0.2) is 29.2 Å². The van der Waals surface area contributed by atoms with E-state index in [1.54, 1.807) is 12.1 Å². The van der Waals surface area contributed by atoms with Crippen molar-refractivity contribution in [3.8, 4) is 6.07 Å². The molecule has 8 heteroatoms. The van der Waals surface area contributed by atoms with Crippen LogP contribution in [-0.4, -0.2) is 24.2 Å². The zero-order valence-corrected chi connectivity index (χ0v) is 17.5. The smallest absolute Gasteiger partial charge is 0.307 e. The van der Waals surface area contributed by atoms with Crippen LogP contribution in [0.3, 0.4) is 0 Å². The number of aryl methyl sites for hydroxylation is 1. The maximum atomic E-state index is 12.9. The summed E-state index contributed by atoms with van der Waals surface area (Å²) < 4.78 is 17.9. The number of ether oxygens (including phenoxy) is 1. The Kier molecular flexibility index (Phi) is 7.67. The SMILES string of the molecule is N#Cc1c(NC(=O)COC(=O)CCSc2ccc(F)cc2)sc2c1CCCCC2. The van der Waals surface area contributed by atoms with Crippen LogP contribution in [0.25, 0.3) is 0 Å². The zero-order chi connectivity index (χ0) is 20.6. The number of fused-ring (bicyclic) bond motifs is 1. The standard InChI is InChI=1S/C21H21FN2O3S2/c22-14-6-8-15(9-7-14)28-11-10-20(26)27-13-19(25)24-21-17(12-23)16-4-2-1-3-5-18(16)29-21/h6-9H,1-5,10-11,13H2,(H,24,25). The summed E-state index contributed by atoms with van der Waals surface area (Å²) in [6.07, 6.45) is 5.25. The number of hydrogen-bond acceptors (Lipinski definition) is 6. The number of nitrogens with zero attached hydrogens (tertiary/aromatic N) is 1. The lowest BCUT2D eigenvalue weighted by Gasteiger charge is -2.06. The van der Waals surface area contributed by atoms with Crippen LogP contribution in [0.4, 0.5) is 9.39 Å². The van der Waals surface area contributed by atoms with E-state index >= 15 is 0 Å². The van der Waals surface area contributed by atoms with Crippen molar-refractivity contribution in [1.82, 2.24) is 0 Å². The average Bonchev–Trinajstić information content (AvgIpc) is 2.87. The normalized spacial score (nSPS) is 13.1. The summed E-state index contributed by atoms with van der Waals surface area (Å²) in [5.41, 5.74) is 1.60. The number of anilines is 1. The molecule has 0 unspecified atom stereocenters. The van der Waals surface area contributed by atoms with E-state index in [4.69, 9.17) is 4.74 Å². The Hall–Kier alpha value is -2.37. The molecule has 0 radical (unpaired) electrons. The molecule has 0 bridgehead atoms. The van der Waals surface area contributed by atoms with Crippen molar-refractivity contribution in [2.45, 2.75) is 43.4 Å². The van der Waals surface area contributed by atoms with Gasteiger partial charge in [0.2, 0.25) is 0 Å². The Morgan fingerprint density at radius 1 is 1.21 bits per heavy atom. The molecule has 0 fully saturated rings. The van der Waals surface area contributed by atoms with E-state index in [2.05, 4.69) is 11.4 Å². The van der Waals surface area contributed by atoms with Gasteiger partial charge in [0.05, 0.1) is 12.0 Å². The molecule has 5 nitrogen and oxygen atoms in total. The summed E-state index contributed by atoms with van der Waals surface area (Å²) in [6, 6.07) is 8.24. The number of benzene rings is 1. The summed E-state index contributed by atoms with van der Waals surface area (Å²) >= 11 is 2.86. The third-order valence-electron chi connectivity index (χ3n) is 4.54. The molecular weight excluding hydrogens is 411 g/mol. The van der Waals surface area contributed by atoms with E-state index in [0.29, 0.717) is 16.3 Å². The van der Waals surface area contributed by atoms with Gasteiger partial charge in [0, 0.05) is 15.5 Å². The highest BCUT2D eigenvalue weighted by molar-refractivity contribution is 7.99. The molecule has 0 saturated carbocycles. The summed E-state index contributed by atoms with van der Waals surface area (Å²) in [5.74, 6) is -0.751. The maximum Gasteiger partial charge on any atom is 0.307 e. The number of esters is 1. The van der Waals surface area contributed by atoms with E-state index in [0.717, 1.165) is 42.6 Å². The summed E-state index contributed by atoms with van der Waals surface area (Å²) in [7, 11) is 0. The molecule has 0 atom stereocenters. The van der Waals surface area contributed by atoms with Crippen molar-refractivity contribution in [3.63, 3.8) is 0 Å². The van der Waals surface area contributed by atoms with E-state index in [-0.39, 0.29) is 18.8 Å². The number of nitriles is 1. The van der Waals surface area contributed by atoms with Gasteiger partial charge in [0.15, 0.2) is 6.61 Å². The Balaban J connectivity index is 1.44. The number of rotatable bonds is 7. The molecule has 1 aliphatic carbocycles. The van der Waals surface area contributed by atoms with Gasteiger partial charge in [-0.3, -0.25) is 9.59 Å². The first-order valence-corrected chi connectivity index (χ1v) is 11.3. The number of carbonyl (C=O) groups is 2. The lowest BCUT2D eigenvalue weighted by molar-refractivity contribution is -0.146. The lowest BCUT2D eigenvalue weighted by atomic mass is 10.1. The fourth-order valence-electron chi connectivity index (χ4n) is 3.11. The number of thiophene rings is 1. The van der Waals surface area contributed by atoms with Gasteiger partial charge in [-0.1, -0.05) is 6.42 Å². The van der Waals surface area contributed by atoms with Gasteiger partial charge in [-0.25, -0.2) is 4.39 Å². The molecule has 29 heavy (non-hydrogen) atoms. The Morgan fingerprint density at radius 3 is 2.72 bits per heavy atom. The van der Waals surface area contributed by atoms with Crippen LogP contribution in [0.2, 0.25) is 0 Å². The van der Waals surface area contributed by atoms with Crippen LogP contribution >= 0.6 is 23.1 Å². The van der Waals surface area contributed by atoms with E-state index in [1.807, 2.05) is 0 Å². The molecule has 1 aromatic carbocycles. The molecule has 1 heterocycles. The summed E-state index contributed by atoms with van der Waals surface area (Å²) in [6.45, 7) is -0.381. The van der Waals surface area contributed by atoms with Gasteiger partial charge in [0.25, 0.3) is 5.91 Å². The van der Waals surface area contributed by atoms with Crippen LogP contribution in [-0.2, 0) is 27.2 Å². The third-order valence-corrected chi connectivity index (χ3v) is 6.76. The van der Waals surface area contributed by atoms with Crippen molar-refractivity contribution in [1.29, 1.82) is 5.26 Å². The van der Waals surface area contributed by atoms with E-state index < -0.39 is 11.9 Å². The number of nitrogens with one attached hydrogen (secondary N) is 1. The van der Waals surface area contributed by atoms with Crippen molar-refractivity contribution >= 4 is 40.0 Å². The molecule has 0 saturated heterocycles. The van der Waals surface area contributed by atoms with Crippen LogP contribution in [0.1, 0.15) is 41.7 Å². The summed E-state index contributed by atoms with van der Waals surface area (Å²) in [5, 5.41) is 12.8. The zero-order valence-electron chi connectivity index (χ0n) is 15.8.